The normalized spacial score (nSPS) is 18.2. The molecule has 6 nitrogen and oxygen atoms in total. The number of nitrogens with two attached hydrogens (primary N) is 1. The number of nitrogens with zero attached hydrogens (tertiary/aromatic N) is 2. The molecular formula is C13H25N3O3. The van der Waals surface area contributed by atoms with Gasteiger partial charge in [-0.25, -0.2) is 4.79 Å². The van der Waals surface area contributed by atoms with E-state index in [-0.39, 0.29) is 12.0 Å². The van der Waals surface area contributed by atoms with Crippen LogP contribution < -0.4 is 5.73 Å². The van der Waals surface area contributed by atoms with Crippen LogP contribution in [0.1, 0.15) is 34.1 Å². The lowest BCUT2D eigenvalue weighted by molar-refractivity contribution is -0.134. The highest BCUT2D eigenvalue weighted by Crippen LogP contribution is 2.12. The van der Waals surface area contributed by atoms with Gasteiger partial charge < -0.3 is 20.3 Å². The molecule has 1 heterocycles. The van der Waals surface area contributed by atoms with Crippen LogP contribution in [-0.2, 0) is 9.53 Å². The lowest BCUT2D eigenvalue weighted by atomic mass is 10.2. The van der Waals surface area contributed by atoms with Crippen molar-refractivity contribution in [1.29, 1.82) is 0 Å². The molecule has 1 aliphatic heterocycles. The van der Waals surface area contributed by atoms with Crippen LogP contribution in [0.4, 0.5) is 4.79 Å². The molecule has 2 N–H and O–H groups in total. The summed E-state index contributed by atoms with van der Waals surface area (Å²) >= 11 is 0. The van der Waals surface area contributed by atoms with Crippen LogP contribution in [0, 0.1) is 0 Å². The SMILES string of the molecule is CC[C@H](N)C(=O)N1CCN(C(=O)OC(C)(C)C)CC1. The Kier molecular flexibility index (Phi) is 5.17. The number of carbonyl (C=O) groups is 2. The third kappa shape index (κ3) is 4.70. The number of hydrogen-bond donors (Lipinski definition) is 1. The van der Waals surface area contributed by atoms with Gasteiger partial charge in [-0.15, -0.1) is 0 Å². The van der Waals surface area contributed by atoms with Gasteiger partial charge in [0.15, 0.2) is 0 Å². The van der Waals surface area contributed by atoms with Gasteiger partial charge in [0.1, 0.15) is 5.60 Å². The van der Waals surface area contributed by atoms with Crippen LogP contribution in [0.5, 0.6) is 0 Å². The first kappa shape index (κ1) is 15.8. The molecule has 0 radical (unpaired) electrons. The van der Waals surface area contributed by atoms with Gasteiger partial charge in [0.25, 0.3) is 0 Å². The Morgan fingerprint density at radius 3 is 2.05 bits per heavy atom. The lowest BCUT2D eigenvalue weighted by Crippen LogP contribution is -2.54. The molecule has 0 aromatic carbocycles. The van der Waals surface area contributed by atoms with E-state index in [1.54, 1.807) is 9.80 Å². The van der Waals surface area contributed by atoms with Crippen LogP contribution in [0.3, 0.4) is 0 Å². The van der Waals surface area contributed by atoms with Crippen molar-refractivity contribution < 1.29 is 14.3 Å². The van der Waals surface area contributed by atoms with E-state index in [1.165, 1.54) is 0 Å². The summed E-state index contributed by atoms with van der Waals surface area (Å²) in [5.41, 5.74) is 5.24. The first-order valence-corrected chi connectivity index (χ1v) is 6.77. The number of hydrogen-bond acceptors (Lipinski definition) is 4. The van der Waals surface area contributed by atoms with E-state index >= 15 is 0 Å². The van der Waals surface area contributed by atoms with Crippen molar-refractivity contribution in [2.75, 3.05) is 26.2 Å². The second-order valence-corrected chi connectivity index (χ2v) is 5.81. The minimum atomic E-state index is -0.491. The van der Waals surface area contributed by atoms with Crippen LogP contribution in [0.15, 0.2) is 0 Å². The molecule has 110 valence electrons. The quantitative estimate of drug-likeness (QED) is 0.806. The van der Waals surface area contributed by atoms with Gasteiger partial charge in [-0.3, -0.25) is 4.79 Å². The van der Waals surface area contributed by atoms with E-state index in [2.05, 4.69) is 0 Å². The fourth-order valence-corrected chi connectivity index (χ4v) is 1.85. The van der Waals surface area contributed by atoms with Crippen molar-refractivity contribution in [3.8, 4) is 0 Å². The topological polar surface area (TPSA) is 75.9 Å². The monoisotopic (exact) mass is 271 g/mol. The van der Waals surface area contributed by atoms with Gasteiger partial charge in [0, 0.05) is 26.2 Å². The fraction of sp³-hybridized carbons (Fsp3) is 0.846. The predicted octanol–water partition coefficient (Wildman–Crippen LogP) is 0.803. The van der Waals surface area contributed by atoms with E-state index in [0.29, 0.717) is 32.6 Å². The second kappa shape index (κ2) is 6.23. The molecule has 1 aliphatic rings. The van der Waals surface area contributed by atoms with Gasteiger partial charge >= 0.3 is 6.09 Å². The third-order valence-electron chi connectivity index (χ3n) is 3.00. The van der Waals surface area contributed by atoms with Crippen LogP contribution in [0.2, 0.25) is 0 Å². The number of rotatable bonds is 2. The van der Waals surface area contributed by atoms with E-state index < -0.39 is 11.6 Å². The molecule has 0 saturated carbocycles. The van der Waals surface area contributed by atoms with E-state index in [0.717, 1.165) is 0 Å². The summed E-state index contributed by atoms with van der Waals surface area (Å²) in [7, 11) is 0. The molecule has 1 fully saturated rings. The van der Waals surface area contributed by atoms with Gasteiger partial charge in [-0.1, -0.05) is 6.92 Å². The minimum absolute atomic E-state index is 0.0358. The maximum absolute atomic E-state index is 11.9. The molecule has 1 atom stereocenters. The zero-order valence-electron chi connectivity index (χ0n) is 12.3. The van der Waals surface area contributed by atoms with Crippen molar-refractivity contribution in [1.82, 2.24) is 9.80 Å². The molecule has 0 aliphatic carbocycles. The van der Waals surface area contributed by atoms with Crippen LogP contribution in [-0.4, -0.2) is 59.6 Å². The van der Waals surface area contributed by atoms with E-state index in [1.807, 2.05) is 27.7 Å². The highest BCUT2D eigenvalue weighted by Gasteiger charge is 2.28. The molecule has 0 unspecified atom stereocenters. The first-order valence-electron chi connectivity index (χ1n) is 6.77. The summed E-state index contributed by atoms with van der Waals surface area (Å²) in [6, 6.07) is -0.437. The van der Waals surface area contributed by atoms with Gasteiger partial charge in [0.2, 0.25) is 5.91 Å². The third-order valence-corrected chi connectivity index (χ3v) is 3.00. The number of carbonyl (C=O) groups excluding carboxylic acids is 2. The van der Waals surface area contributed by atoms with Crippen molar-refractivity contribution >= 4 is 12.0 Å². The number of ether oxygens (including phenoxy) is 1. The van der Waals surface area contributed by atoms with Crippen molar-refractivity contribution in [2.45, 2.75) is 45.8 Å². The maximum atomic E-state index is 11.9. The van der Waals surface area contributed by atoms with Gasteiger partial charge in [-0.05, 0) is 27.2 Å². The minimum Gasteiger partial charge on any atom is -0.444 e. The average Bonchev–Trinajstić information content (AvgIpc) is 2.35. The molecule has 1 rings (SSSR count). The Morgan fingerprint density at radius 2 is 1.63 bits per heavy atom. The van der Waals surface area contributed by atoms with E-state index in [9.17, 15) is 9.59 Å². The van der Waals surface area contributed by atoms with Crippen molar-refractivity contribution in [3.63, 3.8) is 0 Å². The summed E-state index contributed by atoms with van der Waals surface area (Å²) in [6.07, 6.45) is 0.310. The van der Waals surface area contributed by atoms with Crippen molar-refractivity contribution in [3.05, 3.63) is 0 Å². The molecule has 0 aromatic rings. The molecule has 0 bridgehead atoms. The first-order chi connectivity index (χ1) is 8.74. The largest absolute Gasteiger partial charge is 0.444 e. The summed E-state index contributed by atoms with van der Waals surface area (Å²) in [6.45, 7) is 9.44. The molecule has 1 saturated heterocycles. The fourth-order valence-electron chi connectivity index (χ4n) is 1.85. The molecule has 19 heavy (non-hydrogen) atoms. The lowest BCUT2D eigenvalue weighted by Gasteiger charge is -2.36. The molecule has 6 heteroatoms. The van der Waals surface area contributed by atoms with Gasteiger partial charge in [-0.2, -0.15) is 0 Å². The Morgan fingerprint density at radius 1 is 1.16 bits per heavy atom. The maximum Gasteiger partial charge on any atom is 0.410 e. The Labute approximate surface area is 114 Å². The number of piperazine rings is 1. The number of amides is 2. The summed E-state index contributed by atoms with van der Waals surface area (Å²) in [4.78, 5) is 27.1. The standard InChI is InChI=1S/C13H25N3O3/c1-5-10(14)11(17)15-6-8-16(9-7-15)12(18)19-13(2,3)4/h10H,5-9,14H2,1-4H3/t10-/m0/s1. The zero-order chi connectivity index (χ0) is 14.6. The van der Waals surface area contributed by atoms with Gasteiger partial charge in [0.05, 0.1) is 6.04 Å². The average molecular weight is 271 g/mol. The second-order valence-electron chi connectivity index (χ2n) is 5.81. The smallest absolute Gasteiger partial charge is 0.410 e. The van der Waals surface area contributed by atoms with Crippen LogP contribution in [0.25, 0.3) is 0 Å². The van der Waals surface area contributed by atoms with Crippen molar-refractivity contribution in [2.24, 2.45) is 5.73 Å². The Hall–Kier alpha value is -1.30. The zero-order valence-corrected chi connectivity index (χ0v) is 12.3. The molecular weight excluding hydrogens is 246 g/mol. The highest BCUT2D eigenvalue weighted by molar-refractivity contribution is 5.82. The summed E-state index contributed by atoms with van der Waals surface area (Å²) < 4.78 is 5.30. The molecule has 0 aromatic heterocycles. The molecule has 2 amide bonds. The van der Waals surface area contributed by atoms with E-state index in [4.69, 9.17) is 10.5 Å². The predicted molar refractivity (Wildman–Crippen MR) is 72.7 cm³/mol. The van der Waals surface area contributed by atoms with Crippen LogP contribution >= 0.6 is 0 Å². The summed E-state index contributed by atoms with van der Waals surface area (Å²) in [5, 5.41) is 0. The Balaban J connectivity index is 2.45. The Bertz CT molecular complexity index is 331. The highest BCUT2D eigenvalue weighted by atomic mass is 16.6. The summed E-state index contributed by atoms with van der Waals surface area (Å²) in [5.74, 6) is -0.0358. The molecule has 0 spiro atoms.